The van der Waals surface area contributed by atoms with Gasteiger partial charge in [-0.1, -0.05) is 0 Å². The third kappa shape index (κ3) is 3.72. The molecule has 0 radical (unpaired) electrons. The van der Waals surface area contributed by atoms with Crippen molar-refractivity contribution >= 4 is 28.3 Å². The Labute approximate surface area is 156 Å². The average Bonchev–Trinajstić information content (AvgIpc) is 2.65. The number of aryl methyl sites for hydroxylation is 1. The van der Waals surface area contributed by atoms with Gasteiger partial charge in [0.15, 0.2) is 17.3 Å². The number of hydrogen-bond donors (Lipinski definition) is 1. The Balaban J connectivity index is 2.17. The maximum atomic E-state index is 13.6. The summed E-state index contributed by atoms with van der Waals surface area (Å²) in [6.07, 6.45) is 1.47. The molecule has 3 rings (SSSR count). The van der Waals surface area contributed by atoms with Crippen molar-refractivity contribution in [3.05, 3.63) is 59.4 Å². The number of aromatic nitrogens is 2. The molecule has 5 nitrogen and oxygen atoms in total. The average molecular weight is 370 g/mol. The summed E-state index contributed by atoms with van der Waals surface area (Å²) in [5.74, 6) is -2.10. The maximum absolute atomic E-state index is 13.6. The van der Waals surface area contributed by atoms with Crippen LogP contribution in [0.15, 0.2) is 36.5 Å². The molecule has 0 saturated heterocycles. The molecule has 0 aliphatic heterocycles. The number of nitrogens with one attached hydrogen (secondary N) is 1. The van der Waals surface area contributed by atoms with E-state index in [1.165, 1.54) is 12.3 Å². The summed E-state index contributed by atoms with van der Waals surface area (Å²) in [6.45, 7) is 6.72. The van der Waals surface area contributed by atoms with Gasteiger partial charge in [-0.05, 0) is 45.0 Å². The van der Waals surface area contributed by atoms with Crippen molar-refractivity contribution in [3.8, 4) is 0 Å². The molecule has 0 fully saturated rings. The third-order valence-corrected chi connectivity index (χ3v) is 4.34. The first-order chi connectivity index (χ1) is 12.9. The van der Waals surface area contributed by atoms with Crippen LogP contribution in [0.4, 0.5) is 20.2 Å². The normalized spacial score (nSPS) is 10.9. The van der Waals surface area contributed by atoms with Gasteiger partial charge in [0, 0.05) is 42.1 Å². The second-order valence-corrected chi connectivity index (χ2v) is 6.10. The van der Waals surface area contributed by atoms with Gasteiger partial charge >= 0.3 is 0 Å². The minimum Gasteiger partial charge on any atom is -0.354 e. The molecule has 0 bridgehead atoms. The van der Waals surface area contributed by atoms with Crippen molar-refractivity contribution in [1.29, 1.82) is 0 Å². The molecule has 0 unspecified atom stereocenters. The topological polar surface area (TPSA) is 58.1 Å². The van der Waals surface area contributed by atoms with Crippen LogP contribution in [0.25, 0.3) is 11.0 Å². The molecule has 1 aromatic carbocycles. The van der Waals surface area contributed by atoms with E-state index in [0.717, 1.165) is 17.8 Å². The number of amides is 1. The molecule has 140 valence electrons. The fourth-order valence-electron chi connectivity index (χ4n) is 2.87. The predicted octanol–water partition coefficient (Wildman–Crippen LogP) is 4.44. The molecule has 0 spiro atoms. The van der Waals surface area contributed by atoms with Crippen LogP contribution in [0.2, 0.25) is 0 Å². The molecule has 1 N–H and O–H groups in total. The summed E-state index contributed by atoms with van der Waals surface area (Å²) >= 11 is 0. The van der Waals surface area contributed by atoms with Crippen molar-refractivity contribution in [1.82, 2.24) is 14.9 Å². The molecule has 27 heavy (non-hydrogen) atoms. The van der Waals surface area contributed by atoms with E-state index in [-0.39, 0.29) is 5.91 Å². The Bertz CT molecular complexity index is 1000. The Hall–Kier alpha value is -3.09. The number of nitrogens with zero attached hydrogens (tertiary/aromatic N) is 3. The molecular formula is C20H20F2N4O. The molecule has 7 heteroatoms. The van der Waals surface area contributed by atoms with Gasteiger partial charge in [-0.3, -0.25) is 4.79 Å². The van der Waals surface area contributed by atoms with Gasteiger partial charge < -0.3 is 10.2 Å². The number of rotatable bonds is 5. The fraction of sp³-hybridized carbons (Fsp3) is 0.250. The second kappa shape index (κ2) is 7.65. The lowest BCUT2D eigenvalue weighted by molar-refractivity contribution is 0.0773. The van der Waals surface area contributed by atoms with E-state index in [9.17, 15) is 13.6 Å². The molecule has 0 atom stereocenters. The molecule has 1 amide bonds. The van der Waals surface area contributed by atoms with E-state index in [0.29, 0.717) is 41.1 Å². The molecular weight excluding hydrogens is 350 g/mol. The molecule has 0 saturated carbocycles. The van der Waals surface area contributed by atoms with Crippen LogP contribution in [-0.4, -0.2) is 33.9 Å². The van der Waals surface area contributed by atoms with Crippen LogP contribution in [-0.2, 0) is 0 Å². The molecule has 3 aromatic rings. The van der Waals surface area contributed by atoms with E-state index >= 15 is 0 Å². The summed E-state index contributed by atoms with van der Waals surface area (Å²) < 4.78 is 26.9. The van der Waals surface area contributed by atoms with E-state index in [1.54, 1.807) is 4.90 Å². The van der Waals surface area contributed by atoms with Crippen molar-refractivity contribution in [3.63, 3.8) is 0 Å². The quantitative estimate of drug-likeness (QED) is 0.721. The molecule has 2 heterocycles. The van der Waals surface area contributed by atoms with Gasteiger partial charge in [-0.15, -0.1) is 0 Å². The maximum Gasteiger partial charge on any atom is 0.257 e. The van der Waals surface area contributed by atoms with Crippen LogP contribution in [0, 0.1) is 18.6 Å². The SMILES string of the molecule is CCN(CC)C(=O)c1cnc2nc(C)ccc2c1Nc1ccc(F)c(F)c1. The highest BCUT2D eigenvalue weighted by Gasteiger charge is 2.20. The van der Waals surface area contributed by atoms with Crippen LogP contribution < -0.4 is 5.32 Å². The minimum atomic E-state index is -0.969. The zero-order valence-electron chi connectivity index (χ0n) is 15.4. The lowest BCUT2D eigenvalue weighted by atomic mass is 10.1. The van der Waals surface area contributed by atoms with Crippen molar-refractivity contribution in [2.24, 2.45) is 0 Å². The highest BCUT2D eigenvalue weighted by atomic mass is 19.2. The predicted molar refractivity (Wildman–Crippen MR) is 101 cm³/mol. The van der Waals surface area contributed by atoms with Gasteiger partial charge in [0.05, 0.1) is 11.3 Å². The van der Waals surface area contributed by atoms with Crippen LogP contribution in [0.5, 0.6) is 0 Å². The number of pyridine rings is 2. The van der Waals surface area contributed by atoms with E-state index < -0.39 is 11.6 Å². The highest BCUT2D eigenvalue weighted by Crippen LogP contribution is 2.30. The first kappa shape index (κ1) is 18.7. The number of carbonyl (C=O) groups excluding carboxylic acids is 1. The van der Waals surface area contributed by atoms with Gasteiger partial charge in [-0.25, -0.2) is 18.7 Å². The van der Waals surface area contributed by atoms with Crippen LogP contribution in [0.3, 0.4) is 0 Å². The van der Waals surface area contributed by atoms with E-state index in [1.807, 2.05) is 32.9 Å². The number of carbonyl (C=O) groups is 1. The van der Waals surface area contributed by atoms with Crippen molar-refractivity contribution in [2.45, 2.75) is 20.8 Å². The van der Waals surface area contributed by atoms with Gasteiger partial charge in [0.2, 0.25) is 0 Å². The third-order valence-electron chi connectivity index (χ3n) is 4.34. The van der Waals surface area contributed by atoms with Crippen molar-refractivity contribution in [2.75, 3.05) is 18.4 Å². The highest BCUT2D eigenvalue weighted by molar-refractivity contribution is 6.07. The lowest BCUT2D eigenvalue weighted by Crippen LogP contribution is -2.31. The number of halogens is 2. The zero-order valence-corrected chi connectivity index (χ0v) is 15.4. The van der Waals surface area contributed by atoms with Crippen molar-refractivity contribution < 1.29 is 13.6 Å². The number of hydrogen-bond acceptors (Lipinski definition) is 4. The first-order valence-corrected chi connectivity index (χ1v) is 8.72. The summed E-state index contributed by atoms with van der Waals surface area (Å²) in [6, 6.07) is 7.13. The summed E-state index contributed by atoms with van der Waals surface area (Å²) in [5.41, 5.74) is 2.40. The Morgan fingerprint density at radius 1 is 1.11 bits per heavy atom. The zero-order chi connectivity index (χ0) is 19.6. The largest absolute Gasteiger partial charge is 0.354 e. The van der Waals surface area contributed by atoms with Crippen LogP contribution in [0.1, 0.15) is 29.9 Å². The lowest BCUT2D eigenvalue weighted by Gasteiger charge is -2.21. The second-order valence-electron chi connectivity index (χ2n) is 6.10. The molecule has 0 aliphatic carbocycles. The summed E-state index contributed by atoms with van der Waals surface area (Å²) in [4.78, 5) is 23.3. The van der Waals surface area contributed by atoms with Gasteiger partial charge in [0.25, 0.3) is 5.91 Å². The van der Waals surface area contributed by atoms with Gasteiger partial charge in [0.1, 0.15) is 0 Å². The Morgan fingerprint density at radius 2 is 1.85 bits per heavy atom. The van der Waals surface area contributed by atoms with E-state index in [2.05, 4.69) is 15.3 Å². The number of fused-ring (bicyclic) bond motifs is 1. The van der Waals surface area contributed by atoms with Crippen LogP contribution >= 0.6 is 0 Å². The Kier molecular flexibility index (Phi) is 5.30. The number of benzene rings is 1. The summed E-state index contributed by atoms with van der Waals surface area (Å²) in [5, 5.41) is 3.68. The minimum absolute atomic E-state index is 0.194. The summed E-state index contributed by atoms with van der Waals surface area (Å²) in [7, 11) is 0. The van der Waals surface area contributed by atoms with Gasteiger partial charge in [-0.2, -0.15) is 0 Å². The first-order valence-electron chi connectivity index (χ1n) is 8.72. The Morgan fingerprint density at radius 3 is 2.52 bits per heavy atom. The smallest absolute Gasteiger partial charge is 0.257 e. The fourth-order valence-corrected chi connectivity index (χ4v) is 2.87. The monoisotopic (exact) mass is 370 g/mol. The molecule has 0 aliphatic rings. The van der Waals surface area contributed by atoms with E-state index in [4.69, 9.17) is 0 Å². The standard InChI is InChI=1S/C20H20F2N4O/c1-4-26(5-2)20(27)15-11-23-19-14(8-6-12(3)24-19)18(15)25-13-7-9-16(21)17(22)10-13/h6-11H,4-5H2,1-3H3,(H,23,24,25). The molecule has 2 aromatic heterocycles. The number of anilines is 2.